The van der Waals surface area contributed by atoms with Gasteiger partial charge in [-0.2, -0.15) is 0 Å². The van der Waals surface area contributed by atoms with E-state index in [0.717, 1.165) is 19.3 Å². The maximum absolute atomic E-state index is 10.8. The predicted molar refractivity (Wildman–Crippen MR) is 71.9 cm³/mol. The Labute approximate surface area is 107 Å². The summed E-state index contributed by atoms with van der Waals surface area (Å²) in [5.41, 5.74) is 0.606. The maximum atomic E-state index is 10.8. The van der Waals surface area contributed by atoms with E-state index in [4.69, 9.17) is 0 Å². The molecule has 1 unspecified atom stereocenters. The summed E-state index contributed by atoms with van der Waals surface area (Å²) in [4.78, 5) is 10.9. The number of carbonyl (C=O) groups excluding carboxylic acids is 1. The minimum Gasteiger partial charge on any atom is -0.389 e. The number of halogens is 1. The fraction of sp³-hybridized carbons (Fsp3) is 0.769. The van der Waals surface area contributed by atoms with E-state index in [9.17, 15) is 9.90 Å². The van der Waals surface area contributed by atoms with Crippen molar-refractivity contribution in [1.82, 2.24) is 0 Å². The largest absolute Gasteiger partial charge is 0.389 e. The molecule has 16 heavy (non-hydrogen) atoms. The standard InChI is InChI=1S/C13H23BrO2/c1-10(6-5-7-11(2)15)8-9-12(14)13(3,4)16/h6,12,16H,5,7-9H2,1-4H3/b10-6-. The molecule has 0 aromatic heterocycles. The zero-order valence-corrected chi connectivity index (χ0v) is 12.3. The Morgan fingerprint density at radius 2 is 1.94 bits per heavy atom. The first kappa shape index (κ1) is 15.9. The highest BCUT2D eigenvalue weighted by Crippen LogP contribution is 2.23. The highest BCUT2D eigenvalue weighted by molar-refractivity contribution is 9.09. The van der Waals surface area contributed by atoms with Crippen LogP contribution in [-0.2, 0) is 4.79 Å². The molecule has 2 nitrogen and oxygen atoms in total. The number of allylic oxidation sites excluding steroid dienone is 2. The number of Topliss-reactive ketones (excluding diaryl/α,β-unsaturated/α-hetero) is 1. The lowest BCUT2D eigenvalue weighted by molar-refractivity contribution is -0.116. The smallest absolute Gasteiger partial charge is 0.130 e. The third-order valence-corrected chi connectivity index (χ3v) is 4.13. The van der Waals surface area contributed by atoms with Crippen LogP contribution in [0.5, 0.6) is 0 Å². The molecule has 0 amide bonds. The fourth-order valence-electron chi connectivity index (χ4n) is 1.33. The third kappa shape index (κ3) is 8.05. The average molecular weight is 291 g/mol. The molecule has 0 saturated heterocycles. The first-order valence-corrected chi connectivity index (χ1v) is 6.66. The van der Waals surface area contributed by atoms with Gasteiger partial charge in [0.05, 0.1) is 5.60 Å². The molecule has 1 atom stereocenters. The predicted octanol–water partition coefficient (Wildman–Crippen LogP) is 3.62. The normalized spacial score (nSPS) is 15.0. The summed E-state index contributed by atoms with van der Waals surface area (Å²) >= 11 is 3.49. The minimum atomic E-state index is -0.681. The van der Waals surface area contributed by atoms with E-state index in [1.54, 1.807) is 20.8 Å². The van der Waals surface area contributed by atoms with Crippen LogP contribution in [0.1, 0.15) is 53.4 Å². The van der Waals surface area contributed by atoms with Crippen molar-refractivity contribution in [2.75, 3.05) is 0 Å². The molecule has 94 valence electrons. The Kier molecular flexibility index (Phi) is 7.16. The molecule has 0 bridgehead atoms. The van der Waals surface area contributed by atoms with Gasteiger partial charge in [0.1, 0.15) is 5.78 Å². The van der Waals surface area contributed by atoms with Gasteiger partial charge in [-0.15, -0.1) is 0 Å². The molecule has 0 heterocycles. The monoisotopic (exact) mass is 290 g/mol. The fourth-order valence-corrected chi connectivity index (χ4v) is 1.56. The van der Waals surface area contributed by atoms with Crippen molar-refractivity contribution in [3.05, 3.63) is 11.6 Å². The van der Waals surface area contributed by atoms with Crippen molar-refractivity contribution >= 4 is 21.7 Å². The van der Waals surface area contributed by atoms with E-state index >= 15 is 0 Å². The number of hydrogen-bond donors (Lipinski definition) is 1. The Bertz CT molecular complexity index is 251. The summed E-state index contributed by atoms with van der Waals surface area (Å²) in [6.07, 6.45) is 5.44. The molecule has 0 aliphatic carbocycles. The summed E-state index contributed by atoms with van der Waals surface area (Å²) < 4.78 is 0. The molecule has 0 rings (SSSR count). The first-order valence-electron chi connectivity index (χ1n) is 5.75. The summed E-state index contributed by atoms with van der Waals surface area (Å²) in [7, 11) is 0. The topological polar surface area (TPSA) is 37.3 Å². The molecular weight excluding hydrogens is 268 g/mol. The number of alkyl halides is 1. The minimum absolute atomic E-state index is 0.108. The quantitative estimate of drug-likeness (QED) is 0.574. The Morgan fingerprint density at radius 1 is 1.38 bits per heavy atom. The van der Waals surface area contributed by atoms with Crippen LogP contribution in [0.2, 0.25) is 0 Å². The third-order valence-electron chi connectivity index (χ3n) is 2.55. The zero-order chi connectivity index (χ0) is 12.8. The molecule has 0 aromatic carbocycles. The molecule has 0 aromatic rings. The van der Waals surface area contributed by atoms with E-state index < -0.39 is 5.60 Å². The van der Waals surface area contributed by atoms with Gasteiger partial charge in [-0.3, -0.25) is 0 Å². The second kappa shape index (κ2) is 7.23. The lowest BCUT2D eigenvalue weighted by Gasteiger charge is -2.24. The number of aliphatic hydroxyl groups is 1. The van der Waals surface area contributed by atoms with Gasteiger partial charge in [0.25, 0.3) is 0 Å². The van der Waals surface area contributed by atoms with Crippen molar-refractivity contribution in [2.24, 2.45) is 0 Å². The molecule has 0 aliphatic rings. The molecule has 0 aliphatic heterocycles. The second-order valence-corrected chi connectivity index (χ2v) is 6.06. The number of ketones is 1. The number of carbonyl (C=O) groups is 1. The van der Waals surface area contributed by atoms with Crippen molar-refractivity contribution in [3.63, 3.8) is 0 Å². The van der Waals surface area contributed by atoms with Gasteiger partial charge in [-0.1, -0.05) is 27.6 Å². The highest BCUT2D eigenvalue weighted by atomic mass is 79.9. The summed E-state index contributed by atoms with van der Waals surface area (Å²) in [5.74, 6) is 0.235. The van der Waals surface area contributed by atoms with Gasteiger partial charge in [-0.05, 0) is 47.0 Å². The van der Waals surface area contributed by atoms with Gasteiger partial charge in [-0.25, -0.2) is 0 Å². The van der Waals surface area contributed by atoms with Gasteiger partial charge in [0, 0.05) is 11.2 Å². The van der Waals surface area contributed by atoms with Gasteiger partial charge in [0.15, 0.2) is 0 Å². The Morgan fingerprint density at radius 3 is 2.38 bits per heavy atom. The molecular formula is C13H23BrO2. The first-order chi connectivity index (χ1) is 7.23. The van der Waals surface area contributed by atoms with Gasteiger partial charge in [0.2, 0.25) is 0 Å². The van der Waals surface area contributed by atoms with Gasteiger partial charge >= 0.3 is 0 Å². The summed E-state index contributed by atoms with van der Waals surface area (Å²) in [5, 5.41) is 9.74. The van der Waals surface area contributed by atoms with Gasteiger partial charge < -0.3 is 9.90 Å². The zero-order valence-electron chi connectivity index (χ0n) is 10.7. The molecule has 0 fully saturated rings. The molecule has 3 heteroatoms. The van der Waals surface area contributed by atoms with Crippen LogP contribution in [0, 0.1) is 0 Å². The van der Waals surface area contributed by atoms with E-state index in [1.165, 1.54) is 5.57 Å². The second-order valence-electron chi connectivity index (χ2n) is 4.95. The van der Waals surface area contributed by atoms with Crippen molar-refractivity contribution in [2.45, 2.75) is 63.8 Å². The molecule has 0 saturated carbocycles. The van der Waals surface area contributed by atoms with Crippen molar-refractivity contribution in [3.8, 4) is 0 Å². The van der Waals surface area contributed by atoms with Crippen LogP contribution in [0.4, 0.5) is 0 Å². The number of rotatable bonds is 7. The highest BCUT2D eigenvalue weighted by Gasteiger charge is 2.23. The molecule has 1 N–H and O–H groups in total. The van der Waals surface area contributed by atoms with E-state index in [-0.39, 0.29) is 10.6 Å². The summed E-state index contributed by atoms with van der Waals surface area (Å²) in [6, 6.07) is 0. The van der Waals surface area contributed by atoms with Crippen molar-refractivity contribution < 1.29 is 9.90 Å². The molecule has 0 spiro atoms. The van der Waals surface area contributed by atoms with Crippen LogP contribution >= 0.6 is 15.9 Å². The lowest BCUT2D eigenvalue weighted by atomic mass is 9.99. The summed E-state index contributed by atoms with van der Waals surface area (Å²) in [6.45, 7) is 7.30. The van der Waals surface area contributed by atoms with Crippen LogP contribution < -0.4 is 0 Å². The Balaban J connectivity index is 3.88. The van der Waals surface area contributed by atoms with Crippen LogP contribution in [0.15, 0.2) is 11.6 Å². The van der Waals surface area contributed by atoms with Crippen LogP contribution in [0.25, 0.3) is 0 Å². The van der Waals surface area contributed by atoms with Crippen LogP contribution in [0.3, 0.4) is 0 Å². The van der Waals surface area contributed by atoms with Crippen molar-refractivity contribution in [1.29, 1.82) is 0 Å². The van der Waals surface area contributed by atoms with E-state index in [1.807, 2.05) is 0 Å². The number of hydrogen-bond acceptors (Lipinski definition) is 2. The Hall–Kier alpha value is -0.150. The lowest BCUT2D eigenvalue weighted by Crippen LogP contribution is -2.31. The van der Waals surface area contributed by atoms with Crippen LogP contribution in [-0.4, -0.2) is 21.3 Å². The van der Waals surface area contributed by atoms with E-state index in [0.29, 0.717) is 6.42 Å². The average Bonchev–Trinajstić information content (AvgIpc) is 2.11. The maximum Gasteiger partial charge on any atom is 0.130 e. The molecule has 0 radical (unpaired) electrons. The van der Waals surface area contributed by atoms with E-state index in [2.05, 4.69) is 28.9 Å². The SMILES string of the molecule is CC(=O)CC/C=C(/C)CCC(Br)C(C)(C)O.